The number of thioether (sulfide) groups is 1. The lowest BCUT2D eigenvalue weighted by Gasteiger charge is -2.32. The van der Waals surface area contributed by atoms with Gasteiger partial charge in [-0.1, -0.05) is 75.7 Å². The molecule has 3 rings (SSSR count). The first-order valence-corrected chi connectivity index (χ1v) is 16.4. The maximum atomic E-state index is 13.1. The quantitative estimate of drug-likeness (QED) is 0.0870. The molecule has 2 atom stereocenters. The number of amides is 1. The van der Waals surface area contributed by atoms with Crippen LogP contribution in [-0.2, 0) is 30.4 Å². The highest BCUT2D eigenvalue weighted by Crippen LogP contribution is 2.30. The molecule has 0 radical (unpaired) electrons. The largest absolute Gasteiger partial charge is 0.510 e. The second kappa shape index (κ2) is 18.9. The zero-order valence-corrected chi connectivity index (χ0v) is 27.7. The standard InChI is InChI=1S/C31H42N6O9S/c1-5-6-11-27(38)35(28(21(2)3)30(39)40)20-23-12-14-24(15-13-23)25-9-7-8-10-26(25)29-32-34-36(33-29)22(4)46-31(41)44-16-18-47-19-17-45-37(42)43/h7-10,12-15,21-22,28,42-43H,5-6,11,16-20H2,1-4H3,(H,39,40)/t22?,28-/m0/s1. The lowest BCUT2D eigenvalue weighted by atomic mass is 9.97. The van der Waals surface area contributed by atoms with Crippen LogP contribution < -0.4 is 0 Å². The Labute approximate surface area is 277 Å². The molecule has 0 bridgehead atoms. The van der Waals surface area contributed by atoms with E-state index in [0.29, 0.717) is 35.7 Å². The smallest absolute Gasteiger partial charge is 0.480 e. The average molecular weight is 675 g/mol. The number of hydrogen-bond acceptors (Lipinski definition) is 13. The van der Waals surface area contributed by atoms with Crippen molar-refractivity contribution >= 4 is 29.8 Å². The summed E-state index contributed by atoms with van der Waals surface area (Å²) in [5.41, 5.74) is 3.17. The molecular weight excluding hydrogens is 632 g/mol. The summed E-state index contributed by atoms with van der Waals surface area (Å²) in [6.45, 7) is 7.49. The molecule has 3 N–H and O–H groups in total. The van der Waals surface area contributed by atoms with E-state index < -0.39 is 24.4 Å². The monoisotopic (exact) mass is 674 g/mol. The fourth-order valence-corrected chi connectivity index (χ4v) is 5.28. The van der Waals surface area contributed by atoms with Gasteiger partial charge in [-0.3, -0.25) is 15.2 Å². The summed E-state index contributed by atoms with van der Waals surface area (Å²) in [7, 11) is 0. The molecule has 0 aliphatic carbocycles. The van der Waals surface area contributed by atoms with Gasteiger partial charge in [-0.05, 0) is 41.2 Å². The van der Waals surface area contributed by atoms with Crippen LogP contribution in [-0.4, -0.2) is 94.8 Å². The molecule has 0 saturated heterocycles. The maximum absolute atomic E-state index is 13.1. The van der Waals surface area contributed by atoms with Crippen LogP contribution in [0, 0.1) is 5.92 Å². The molecule has 15 nitrogen and oxygen atoms in total. The summed E-state index contributed by atoms with van der Waals surface area (Å²) in [5, 5.41) is 39.1. The number of benzene rings is 2. The van der Waals surface area contributed by atoms with Gasteiger partial charge in [0.2, 0.25) is 18.0 Å². The van der Waals surface area contributed by atoms with E-state index >= 15 is 0 Å². The molecule has 47 heavy (non-hydrogen) atoms. The summed E-state index contributed by atoms with van der Waals surface area (Å²) in [6.07, 6.45) is 0.0216. The van der Waals surface area contributed by atoms with Crippen LogP contribution in [0.2, 0.25) is 0 Å². The van der Waals surface area contributed by atoms with E-state index in [9.17, 15) is 19.5 Å². The number of rotatable bonds is 19. The Morgan fingerprint density at radius 2 is 1.66 bits per heavy atom. The third kappa shape index (κ3) is 11.6. The first kappa shape index (κ1) is 37.4. The maximum Gasteiger partial charge on any atom is 0.510 e. The van der Waals surface area contributed by atoms with Crippen molar-refractivity contribution in [3.63, 3.8) is 0 Å². The normalized spacial score (nSPS) is 12.6. The topological polar surface area (TPSA) is 190 Å². The zero-order valence-electron chi connectivity index (χ0n) is 26.9. The fraction of sp³-hybridized carbons (Fsp3) is 0.484. The number of carboxylic acid groups (broad SMARTS) is 1. The Kier molecular flexibility index (Phi) is 15.0. The van der Waals surface area contributed by atoms with E-state index in [1.54, 1.807) is 20.8 Å². The van der Waals surface area contributed by atoms with E-state index in [2.05, 4.69) is 20.2 Å². The zero-order chi connectivity index (χ0) is 34.3. The Balaban J connectivity index is 1.67. The number of carbonyl (C=O) groups is 3. The van der Waals surface area contributed by atoms with Gasteiger partial charge in [-0.25, -0.2) is 14.4 Å². The highest BCUT2D eigenvalue weighted by molar-refractivity contribution is 7.99. The highest BCUT2D eigenvalue weighted by Gasteiger charge is 2.32. The van der Waals surface area contributed by atoms with Gasteiger partial charge in [0.1, 0.15) is 12.6 Å². The van der Waals surface area contributed by atoms with Crippen molar-refractivity contribution in [3.8, 4) is 22.5 Å². The molecule has 0 aliphatic rings. The van der Waals surface area contributed by atoms with Gasteiger partial charge in [0.15, 0.2) is 0 Å². The van der Waals surface area contributed by atoms with Crippen molar-refractivity contribution in [1.82, 2.24) is 30.5 Å². The number of aromatic nitrogens is 4. The first-order chi connectivity index (χ1) is 22.5. The molecule has 1 unspecified atom stereocenters. The second-order valence-electron chi connectivity index (χ2n) is 10.8. The average Bonchev–Trinajstić information content (AvgIpc) is 3.53. The molecule has 1 heterocycles. The van der Waals surface area contributed by atoms with Gasteiger partial charge >= 0.3 is 12.1 Å². The van der Waals surface area contributed by atoms with Gasteiger partial charge in [-0.15, -0.1) is 15.0 Å². The van der Waals surface area contributed by atoms with Gasteiger partial charge in [-0.2, -0.15) is 11.8 Å². The van der Waals surface area contributed by atoms with Crippen LogP contribution in [0.3, 0.4) is 0 Å². The van der Waals surface area contributed by atoms with Crippen molar-refractivity contribution in [1.29, 1.82) is 0 Å². The van der Waals surface area contributed by atoms with Crippen LogP contribution in [0.1, 0.15) is 58.7 Å². The van der Waals surface area contributed by atoms with Crippen LogP contribution in [0.5, 0.6) is 0 Å². The fourth-order valence-electron chi connectivity index (χ4n) is 4.68. The first-order valence-electron chi connectivity index (χ1n) is 15.2. The van der Waals surface area contributed by atoms with Crippen LogP contribution in [0.25, 0.3) is 22.5 Å². The van der Waals surface area contributed by atoms with Crippen molar-refractivity contribution in [2.45, 2.75) is 65.8 Å². The van der Waals surface area contributed by atoms with E-state index in [-0.39, 0.29) is 37.0 Å². The Morgan fingerprint density at radius 3 is 2.30 bits per heavy atom. The van der Waals surface area contributed by atoms with E-state index in [0.717, 1.165) is 27.9 Å². The number of carbonyl (C=O) groups excluding carboxylic acids is 2. The molecule has 1 amide bonds. The van der Waals surface area contributed by atoms with Crippen molar-refractivity contribution < 1.29 is 44.2 Å². The molecule has 0 aliphatic heterocycles. The Hall–Kier alpha value is -4.09. The summed E-state index contributed by atoms with van der Waals surface area (Å²) in [4.78, 5) is 44.3. The van der Waals surface area contributed by atoms with Crippen LogP contribution >= 0.6 is 11.8 Å². The minimum atomic E-state index is -1.02. The molecule has 256 valence electrons. The Morgan fingerprint density at radius 1 is 0.979 bits per heavy atom. The van der Waals surface area contributed by atoms with Gasteiger partial charge in [0, 0.05) is 30.0 Å². The predicted molar refractivity (Wildman–Crippen MR) is 171 cm³/mol. The number of unbranched alkanes of at least 4 members (excludes halogenated alkanes) is 1. The third-order valence-corrected chi connectivity index (χ3v) is 7.88. The summed E-state index contributed by atoms with van der Waals surface area (Å²) in [6, 6.07) is 14.1. The Bertz CT molecular complexity index is 1440. The number of carboxylic acids is 1. The number of ether oxygens (including phenoxy) is 2. The number of hydrogen-bond donors (Lipinski definition) is 3. The molecule has 1 aromatic heterocycles. The molecule has 16 heteroatoms. The third-order valence-electron chi connectivity index (χ3n) is 6.97. The molecular formula is C31H42N6O9S. The van der Waals surface area contributed by atoms with E-state index in [1.807, 2.05) is 55.5 Å². The SMILES string of the molecule is CCCCC(=O)N(Cc1ccc(-c2ccccc2-c2nnn(C(C)OC(=O)OCCSCCON(O)O)n2)cc1)[C@H](C(=O)O)C(C)C. The molecule has 2 aromatic carbocycles. The van der Waals surface area contributed by atoms with Gasteiger partial charge in [0.05, 0.1) is 12.0 Å². The van der Waals surface area contributed by atoms with Crippen LogP contribution in [0.4, 0.5) is 4.79 Å². The lowest BCUT2D eigenvalue weighted by Crippen LogP contribution is -2.47. The minimum absolute atomic E-state index is 0.0708. The number of nitrogens with zero attached hydrogens (tertiary/aromatic N) is 6. The van der Waals surface area contributed by atoms with Crippen molar-refractivity contribution in [2.75, 3.05) is 24.7 Å². The summed E-state index contributed by atoms with van der Waals surface area (Å²) in [5.74, 6) is -0.246. The van der Waals surface area contributed by atoms with Crippen molar-refractivity contribution in [2.24, 2.45) is 5.92 Å². The van der Waals surface area contributed by atoms with Crippen molar-refractivity contribution in [3.05, 3.63) is 54.1 Å². The lowest BCUT2D eigenvalue weighted by molar-refractivity contribution is -0.490. The van der Waals surface area contributed by atoms with E-state index in [1.165, 1.54) is 16.7 Å². The summed E-state index contributed by atoms with van der Waals surface area (Å²) < 4.78 is 10.3. The predicted octanol–water partition coefficient (Wildman–Crippen LogP) is 5.05. The summed E-state index contributed by atoms with van der Waals surface area (Å²) >= 11 is 1.38. The number of tetrazole rings is 1. The molecule has 0 saturated carbocycles. The minimum Gasteiger partial charge on any atom is -0.480 e. The molecule has 0 spiro atoms. The molecule has 0 fully saturated rings. The molecule has 3 aromatic rings. The van der Waals surface area contributed by atoms with Gasteiger partial charge in [0.25, 0.3) is 0 Å². The highest BCUT2D eigenvalue weighted by atomic mass is 32.2. The van der Waals surface area contributed by atoms with E-state index in [4.69, 9.17) is 19.9 Å². The van der Waals surface area contributed by atoms with Gasteiger partial charge < -0.3 is 19.5 Å². The van der Waals surface area contributed by atoms with Crippen LogP contribution in [0.15, 0.2) is 48.5 Å². The second-order valence-corrected chi connectivity index (χ2v) is 12.1. The number of aliphatic carboxylic acids is 1.